The van der Waals surface area contributed by atoms with Crippen molar-refractivity contribution in [3.05, 3.63) is 51.5 Å². The molecule has 0 saturated carbocycles. The van der Waals surface area contributed by atoms with Gasteiger partial charge < -0.3 is 25.3 Å². The standard InChI is InChI=1S/C18H16BrClN2O6/c1-26-14-7-10(6-12(20)17(14)27-8-15(21)23)18(25)28-9-16(24)22-13-5-3-2-4-11(13)19/h2-7H,8-9H2,1H3,(H2,21,23)(H,22,24). The van der Waals surface area contributed by atoms with Crippen molar-refractivity contribution in [3.63, 3.8) is 0 Å². The zero-order chi connectivity index (χ0) is 20.7. The SMILES string of the molecule is COc1cc(C(=O)OCC(=O)Nc2ccccc2Br)cc(Cl)c1OCC(N)=O. The summed E-state index contributed by atoms with van der Waals surface area (Å²) in [4.78, 5) is 35.1. The van der Waals surface area contributed by atoms with Gasteiger partial charge in [0.15, 0.2) is 24.7 Å². The number of nitrogens with two attached hydrogens (primary N) is 1. The van der Waals surface area contributed by atoms with Crippen LogP contribution in [-0.4, -0.2) is 38.1 Å². The number of hydrogen-bond acceptors (Lipinski definition) is 6. The molecule has 28 heavy (non-hydrogen) atoms. The fourth-order valence-electron chi connectivity index (χ4n) is 2.08. The average Bonchev–Trinajstić information content (AvgIpc) is 2.66. The van der Waals surface area contributed by atoms with Gasteiger partial charge in [-0.05, 0) is 40.2 Å². The summed E-state index contributed by atoms with van der Waals surface area (Å²) in [6, 6.07) is 9.60. The number of nitrogens with one attached hydrogen (secondary N) is 1. The number of methoxy groups -OCH3 is 1. The molecule has 0 spiro atoms. The van der Waals surface area contributed by atoms with Crippen molar-refractivity contribution in [3.8, 4) is 11.5 Å². The van der Waals surface area contributed by atoms with Gasteiger partial charge in [0, 0.05) is 4.47 Å². The van der Waals surface area contributed by atoms with Gasteiger partial charge in [-0.15, -0.1) is 0 Å². The van der Waals surface area contributed by atoms with Gasteiger partial charge in [-0.25, -0.2) is 4.79 Å². The van der Waals surface area contributed by atoms with Crippen LogP contribution in [-0.2, 0) is 14.3 Å². The molecule has 2 rings (SSSR count). The van der Waals surface area contributed by atoms with Crippen LogP contribution < -0.4 is 20.5 Å². The molecule has 0 aromatic heterocycles. The summed E-state index contributed by atoms with van der Waals surface area (Å²) in [5.74, 6) is -1.83. The first kappa shape index (κ1) is 21.5. The highest BCUT2D eigenvalue weighted by Gasteiger charge is 2.18. The van der Waals surface area contributed by atoms with Crippen LogP contribution in [0.25, 0.3) is 0 Å². The van der Waals surface area contributed by atoms with Crippen LogP contribution in [0.1, 0.15) is 10.4 Å². The van der Waals surface area contributed by atoms with E-state index in [0.29, 0.717) is 10.2 Å². The van der Waals surface area contributed by atoms with Crippen molar-refractivity contribution in [2.45, 2.75) is 0 Å². The molecular formula is C18H16BrClN2O6. The highest BCUT2D eigenvalue weighted by atomic mass is 79.9. The molecule has 0 aliphatic heterocycles. The van der Waals surface area contributed by atoms with E-state index < -0.39 is 31.0 Å². The number of benzene rings is 2. The molecule has 0 aliphatic carbocycles. The Kier molecular flexibility index (Phi) is 7.65. The second-order valence-corrected chi connectivity index (χ2v) is 6.61. The Morgan fingerprint density at radius 1 is 1.18 bits per heavy atom. The highest BCUT2D eigenvalue weighted by molar-refractivity contribution is 9.10. The Hall–Kier alpha value is -2.78. The van der Waals surface area contributed by atoms with Crippen LogP contribution in [0.5, 0.6) is 11.5 Å². The molecule has 0 fully saturated rings. The van der Waals surface area contributed by atoms with Gasteiger partial charge in [0.05, 0.1) is 23.4 Å². The quantitative estimate of drug-likeness (QED) is 0.572. The average molecular weight is 472 g/mol. The lowest BCUT2D eigenvalue weighted by atomic mass is 10.2. The molecule has 2 aromatic carbocycles. The van der Waals surface area contributed by atoms with Crippen molar-refractivity contribution in [2.24, 2.45) is 5.73 Å². The van der Waals surface area contributed by atoms with E-state index in [4.69, 9.17) is 31.5 Å². The number of amides is 2. The first-order valence-corrected chi connectivity index (χ1v) is 8.99. The molecule has 148 valence electrons. The Labute approximate surface area is 174 Å². The lowest BCUT2D eigenvalue weighted by molar-refractivity contribution is -0.120. The zero-order valence-electron chi connectivity index (χ0n) is 14.7. The molecular weight excluding hydrogens is 456 g/mol. The van der Waals surface area contributed by atoms with Gasteiger partial charge in [-0.2, -0.15) is 0 Å². The summed E-state index contributed by atoms with van der Waals surface area (Å²) in [6.07, 6.45) is 0. The van der Waals surface area contributed by atoms with Gasteiger partial charge in [0.1, 0.15) is 0 Å². The lowest BCUT2D eigenvalue weighted by Gasteiger charge is -2.13. The summed E-state index contributed by atoms with van der Waals surface area (Å²) >= 11 is 9.38. The Morgan fingerprint density at radius 2 is 1.89 bits per heavy atom. The van der Waals surface area contributed by atoms with E-state index in [-0.39, 0.29) is 22.1 Å². The van der Waals surface area contributed by atoms with E-state index in [9.17, 15) is 14.4 Å². The minimum Gasteiger partial charge on any atom is -0.493 e. The Morgan fingerprint density at radius 3 is 2.54 bits per heavy atom. The molecule has 0 atom stereocenters. The van der Waals surface area contributed by atoms with E-state index in [1.165, 1.54) is 19.2 Å². The molecule has 0 heterocycles. The molecule has 0 radical (unpaired) electrons. The van der Waals surface area contributed by atoms with E-state index in [1.807, 2.05) is 0 Å². The fraction of sp³-hybridized carbons (Fsp3) is 0.167. The summed E-state index contributed by atoms with van der Waals surface area (Å²) < 4.78 is 16.0. The monoisotopic (exact) mass is 470 g/mol. The Bertz CT molecular complexity index is 906. The van der Waals surface area contributed by atoms with Gasteiger partial charge in [0.25, 0.3) is 11.8 Å². The van der Waals surface area contributed by atoms with Crippen LogP contribution in [0.4, 0.5) is 5.69 Å². The minimum absolute atomic E-state index is 0.0187. The zero-order valence-corrected chi connectivity index (χ0v) is 17.0. The topological polar surface area (TPSA) is 117 Å². The number of ether oxygens (including phenoxy) is 3. The first-order valence-electron chi connectivity index (χ1n) is 7.82. The maximum absolute atomic E-state index is 12.2. The number of esters is 1. The third kappa shape index (κ3) is 5.86. The van der Waals surface area contributed by atoms with Crippen LogP contribution in [0.15, 0.2) is 40.9 Å². The largest absolute Gasteiger partial charge is 0.493 e. The molecule has 2 amide bonds. The number of carbonyl (C=O) groups excluding carboxylic acids is 3. The highest BCUT2D eigenvalue weighted by Crippen LogP contribution is 2.36. The van der Waals surface area contributed by atoms with Crippen molar-refractivity contribution in [1.82, 2.24) is 0 Å². The number of rotatable bonds is 8. The fourth-order valence-corrected chi connectivity index (χ4v) is 2.73. The molecule has 10 heteroatoms. The predicted molar refractivity (Wildman–Crippen MR) is 106 cm³/mol. The van der Waals surface area contributed by atoms with E-state index in [0.717, 1.165) is 0 Å². The number of primary amides is 1. The Balaban J connectivity index is 2.03. The van der Waals surface area contributed by atoms with Crippen molar-refractivity contribution in [1.29, 1.82) is 0 Å². The van der Waals surface area contributed by atoms with Crippen molar-refractivity contribution < 1.29 is 28.6 Å². The van der Waals surface area contributed by atoms with Gasteiger partial charge >= 0.3 is 5.97 Å². The number of para-hydroxylation sites is 1. The van der Waals surface area contributed by atoms with Gasteiger partial charge in [-0.3, -0.25) is 9.59 Å². The third-order valence-electron chi connectivity index (χ3n) is 3.31. The van der Waals surface area contributed by atoms with Gasteiger partial charge in [-0.1, -0.05) is 23.7 Å². The van der Waals surface area contributed by atoms with Gasteiger partial charge in [0.2, 0.25) is 0 Å². The minimum atomic E-state index is -0.788. The number of anilines is 1. The van der Waals surface area contributed by atoms with E-state index in [1.54, 1.807) is 24.3 Å². The molecule has 0 unspecified atom stereocenters. The maximum Gasteiger partial charge on any atom is 0.338 e. The molecule has 2 aromatic rings. The van der Waals surface area contributed by atoms with E-state index in [2.05, 4.69) is 21.2 Å². The third-order valence-corrected chi connectivity index (χ3v) is 4.28. The maximum atomic E-state index is 12.2. The summed E-state index contributed by atoms with van der Waals surface area (Å²) in [6.45, 7) is -0.908. The van der Waals surface area contributed by atoms with E-state index >= 15 is 0 Å². The summed E-state index contributed by atoms with van der Waals surface area (Å²) in [5, 5.41) is 2.63. The second kappa shape index (κ2) is 9.95. The molecule has 3 N–H and O–H groups in total. The predicted octanol–water partition coefficient (Wildman–Crippen LogP) is 2.77. The summed E-state index contributed by atoms with van der Waals surface area (Å²) in [7, 11) is 1.34. The summed E-state index contributed by atoms with van der Waals surface area (Å²) in [5.41, 5.74) is 5.62. The van der Waals surface area contributed by atoms with Crippen LogP contribution in [0.3, 0.4) is 0 Å². The molecule has 0 saturated heterocycles. The van der Waals surface area contributed by atoms with Crippen LogP contribution >= 0.6 is 27.5 Å². The van der Waals surface area contributed by atoms with Crippen LogP contribution in [0.2, 0.25) is 5.02 Å². The molecule has 0 bridgehead atoms. The number of hydrogen-bond donors (Lipinski definition) is 2. The first-order chi connectivity index (χ1) is 13.3. The smallest absolute Gasteiger partial charge is 0.338 e. The molecule has 0 aliphatic rings. The lowest BCUT2D eigenvalue weighted by Crippen LogP contribution is -2.21. The van der Waals surface area contributed by atoms with Crippen molar-refractivity contribution in [2.75, 3.05) is 25.6 Å². The second-order valence-electron chi connectivity index (χ2n) is 5.35. The molecule has 8 nitrogen and oxygen atoms in total. The van der Waals surface area contributed by atoms with Crippen LogP contribution in [0, 0.1) is 0 Å². The number of carbonyl (C=O) groups is 3. The van der Waals surface area contributed by atoms with Crippen molar-refractivity contribution >= 4 is 51.0 Å². The number of halogens is 2. The normalized spacial score (nSPS) is 10.1.